The number of rotatable bonds is 16. The Hall–Kier alpha value is -2.47. The van der Waals surface area contributed by atoms with Crippen molar-refractivity contribution in [2.75, 3.05) is 60.4 Å². The monoisotopic (exact) mass is 1200 g/mol. The minimum absolute atomic E-state index is 0. The van der Waals surface area contributed by atoms with Crippen LogP contribution in [0.2, 0.25) is 10.0 Å². The first-order chi connectivity index (χ1) is 27.9. The highest BCUT2D eigenvalue weighted by atomic mass is 128. The number of allylic oxidation sites excluding steroid dienone is 2. The van der Waals surface area contributed by atoms with Gasteiger partial charge in [0.05, 0.1) is 92.8 Å². The Morgan fingerprint density at radius 2 is 1.02 bits per heavy atom. The molecule has 0 aliphatic carbocycles. The van der Waals surface area contributed by atoms with Gasteiger partial charge in [-0.25, -0.2) is 19.2 Å². The highest BCUT2D eigenvalue weighted by Crippen LogP contribution is 2.43. The average Bonchev–Trinajstić information content (AvgIpc) is 3.21. The van der Waals surface area contributed by atoms with Crippen LogP contribution in [-0.2, 0) is 47.6 Å². The Labute approximate surface area is 396 Å². The highest BCUT2D eigenvalue weighted by molar-refractivity contribution is 15.0. The number of esters is 4. The molecule has 0 spiro atoms. The number of hydrogen-bond acceptors (Lipinski definition) is 13. The fraction of sp³-hybridized carbons (Fsp3) is 0.415. The van der Waals surface area contributed by atoms with Gasteiger partial charge in [-0.05, 0) is 57.4 Å². The van der Waals surface area contributed by atoms with Crippen LogP contribution < -0.4 is 16.4 Å². The van der Waals surface area contributed by atoms with E-state index in [0.29, 0.717) is 80.4 Å². The van der Waals surface area contributed by atoms with Crippen molar-refractivity contribution in [1.29, 1.82) is 0 Å². The lowest BCUT2D eigenvalue weighted by Crippen LogP contribution is -2.35. The zero-order valence-electron chi connectivity index (χ0n) is 34.0. The van der Waals surface area contributed by atoms with Gasteiger partial charge in [-0.15, -0.1) is 24.0 Å². The molecule has 2 unspecified atom stereocenters. The number of dihydropyridines is 2. The largest absolute Gasteiger partial charge is 0.466 e. The summed E-state index contributed by atoms with van der Waals surface area (Å²) in [6.07, 6.45) is 0.845. The van der Waals surface area contributed by atoms with Gasteiger partial charge in [0, 0.05) is 71.8 Å². The van der Waals surface area contributed by atoms with E-state index in [0.717, 1.165) is 6.42 Å². The summed E-state index contributed by atoms with van der Waals surface area (Å²) in [5.74, 6) is -3.65. The number of hydrogen-bond donors (Lipinski definition) is 3. The van der Waals surface area contributed by atoms with E-state index in [2.05, 4.69) is 47.9 Å². The molecule has 0 fully saturated rings. The molecule has 326 valence electrons. The van der Waals surface area contributed by atoms with Crippen LogP contribution in [0.15, 0.2) is 93.6 Å². The third-order valence-electron chi connectivity index (χ3n) is 8.63. The molecule has 2 aliphatic rings. The van der Waals surface area contributed by atoms with Gasteiger partial charge in [0.25, 0.3) is 0 Å². The van der Waals surface area contributed by atoms with Crippen LogP contribution in [0.1, 0.15) is 64.0 Å². The van der Waals surface area contributed by atoms with Crippen molar-refractivity contribution in [3.8, 4) is 0 Å². The molecule has 2 aromatic carbocycles. The molecule has 59 heavy (non-hydrogen) atoms. The second-order valence-corrected chi connectivity index (χ2v) is 13.2. The summed E-state index contributed by atoms with van der Waals surface area (Å²) in [6, 6.07) is 14.2. The first-order valence-corrected chi connectivity index (χ1v) is 25.4. The van der Waals surface area contributed by atoms with Crippen molar-refractivity contribution in [3.05, 3.63) is 115 Å². The molecule has 0 amide bonds. The van der Waals surface area contributed by atoms with Gasteiger partial charge in [0.2, 0.25) is 0 Å². The van der Waals surface area contributed by atoms with Gasteiger partial charge in [0.15, 0.2) is 0 Å². The second-order valence-electron chi connectivity index (χ2n) is 12.3. The van der Waals surface area contributed by atoms with Gasteiger partial charge in [-0.3, -0.25) is 0 Å². The van der Waals surface area contributed by atoms with Crippen LogP contribution in [0.25, 0.3) is 0 Å². The van der Waals surface area contributed by atoms with E-state index in [1.165, 1.54) is 14.2 Å². The lowest BCUT2D eigenvalue weighted by molar-refractivity contribution is -0.140. The number of benzene rings is 2. The summed E-state index contributed by atoms with van der Waals surface area (Å²) in [5, 5.41) is 7.10. The molecule has 4 rings (SSSR count). The quantitative estimate of drug-likeness (QED) is 0.0634. The molecule has 0 saturated carbocycles. The second kappa shape index (κ2) is 28.9. The van der Waals surface area contributed by atoms with Crippen molar-refractivity contribution in [3.63, 3.8) is 0 Å². The van der Waals surface area contributed by atoms with E-state index in [1.807, 2.05) is 13.0 Å². The molecular weight excluding hydrogens is 1150 g/mol. The maximum atomic E-state index is 12.9. The van der Waals surface area contributed by atoms with E-state index in [-0.39, 0.29) is 56.0 Å². The van der Waals surface area contributed by atoms with Crippen LogP contribution in [-0.4, -0.2) is 84.3 Å². The van der Waals surface area contributed by atoms with Crippen molar-refractivity contribution in [2.24, 2.45) is 5.73 Å². The Kier molecular flexibility index (Phi) is 26.8. The van der Waals surface area contributed by atoms with E-state index in [4.69, 9.17) is 57.4 Å². The van der Waals surface area contributed by atoms with Crippen LogP contribution in [0, 0.1) is 0 Å². The number of ether oxygens (including phenoxy) is 6. The number of nitrogens with two attached hydrogens (primary N) is 1. The molecule has 2 atom stereocenters. The number of carbonyl (C=O) groups is 4. The van der Waals surface area contributed by atoms with E-state index in [1.54, 1.807) is 70.2 Å². The SMILES string of the molecule is CCCOCC1=C(C(=O)OCC)C(c2ccccc2Cl)C(C(=O)OC)=C(C)N1.CCOC(=O)C1=C(COCCN)NC(C)=C(C(=O)OC)C1c1ccccc1Cl.I.II. The normalized spacial score (nSPS) is 15.9. The molecule has 2 aliphatic heterocycles. The molecule has 2 heterocycles. The van der Waals surface area contributed by atoms with Crippen LogP contribution in [0.4, 0.5) is 0 Å². The fourth-order valence-corrected chi connectivity index (χ4v) is 6.79. The standard InChI is InChI=1S/C21H26ClNO5.C20H25ClN2O5.I2.HI/c1-5-11-27-12-16-19(21(25)28-6-2)18(14-9-7-8-10-15(14)22)17(13(3)23-16)20(24)26-4;1-4-28-20(25)18-15(11-27-10-9-22)23-12(2)16(19(24)26-3)17(18)13-7-5-6-8-14(13)21;1-2;/h7-10,18,23H,5-6,11-12H2,1-4H3;5-8,17,23H,4,9-11,22H2,1-3H3;;1H. The molecule has 2 aromatic rings. The molecule has 0 saturated heterocycles. The van der Waals surface area contributed by atoms with Crippen molar-refractivity contribution >= 4 is 108 Å². The summed E-state index contributed by atoms with van der Waals surface area (Å²) in [5.41, 5.74) is 10.1. The van der Waals surface area contributed by atoms with Crippen molar-refractivity contribution in [2.45, 2.75) is 52.9 Å². The van der Waals surface area contributed by atoms with Gasteiger partial charge in [0.1, 0.15) is 0 Å². The third kappa shape index (κ3) is 14.8. The molecule has 0 radical (unpaired) electrons. The summed E-state index contributed by atoms with van der Waals surface area (Å²) < 4.78 is 31.7. The number of halogens is 5. The molecule has 0 bridgehead atoms. The van der Waals surface area contributed by atoms with E-state index < -0.39 is 35.7 Å². The topological polar surface area (TPSA) is 174 Å². The molecule has 4 N–H and O–H groups in total. The van der Waals surface area contributed by atoms with Crippen molar-refractivity contribution in [1.82, 2.24) is 10.6 Å². The average molecular weight is 1200 g/mol. The molecule has 18 heteroatoms. The molecule has 0 aromatic heterocycles. The minimum Gasteiger partial charge on any atom is -0.466 e. The minimum atomic E-state index is -0.752. The van der Waals surface area contributed by atoms with Crippen molar-refractivity contribution < 1.29 is 47.6 Å². The van der Waals surface area contributed by atoms with Crippen LogP contribution in [0.3, 0.4) is 0 Å². The Morgan fingerprint density at radius 1 is 0.644 bits per heavy atom. The summed E-state index contributed by atoms with van der Waals surface area (Å²) in [6.45, 7) is 10.9. The summed E-state index contributed by atoms with van der Waals surface area (Å²) >= 11 is 17.1. The first kappa shape index (κ1) is 54.5. The Bertz CT molecular complexity index is 1750. The summed E-state index contributed by atoms with van der Waals surface area (Å²) in [4.78, 5) is 51.0. The zero-order valence-corrected chi connectivity index (χ0v) is 42.2. The fourth-order valence-electron chi connectivity index (χ4n) is 6.30. The van der Waals surface area contributed by atoms with E-state index in [9.17, 15) is 19.2 Å². The molecule has 13 nitrogen and oxygen atoms in total. The van der Waals surface area contributed by atoms with Gasteiger partial charge < -0.3 is 44.8 Å². The lowest BCUT2D eigenvalue weighted by Gasteiger charge is -2.31. The Morgan fingerprint density at radius 3 is 1.34 bits per heavy atom. The predicted molar refractivity (Wildman–Crippen MR) is 256 cm³/mol. The first-order valence-electron chi connectivity index (χ1n) is 18.3. The van der Waals surface area contributed by atoms with Gasteiger partial charge in [-0.1, -0.05) is 66.5 Å². The lowest BCUT2D eigenvalue weighted by atomic mass is 9.80. The highest BCUT2D eigenvalue weighted by Gasteiger charge is 2.41. The summed E-state index contributed by atoms with van der Waals surface area (Å²) in [7, 11) is 2.60. The van der Waals surface area contributed by atoms with Crippen LogP contribution in [0.5, 0.6) is 0 Å². The number of nitrogens with one attached hydrogen (secondary N) is 2. The smallest absolute Gasteiger partial charge is 0.336 e. The van der Waals surface area contributed by atoms with Gasteiger partial charge in [-0.2, -0.15) is 0 Å². The third-order valence-corrected chi connectivity index (χ3v) is 9.32. The predicted octanol–water partition coefficient (Wildman–Crippen LogP) is 8.37. The maximum absolute atomic E-state index is 12.9. The number of methoxy groups -OCH3 is 2. The number of carbonyl (C=O) groups excluding carboxylic acids is 4. The van der Waals surface area contributed by atoms with E-state index >= 15 is 0 Å². The molecular formula is C41H52Cl2I3N3O10. The van der Waals surface area contributed by atoms with Gasteiger partial charge >= 0.3 is 23.9 Å². The zero-order chi connectivity index (χ0) is 43.4. The Balaban J connectivity index is 0.000000557. The maximum Gasteiger partial charge on any atom is 0.336 e. The van der Waals surface area contributed by atoms with Crippen LogP contribution >= 0.6 is 84.4 Å².